The van der Waals surface area contributed by atoms with Crippen LogP contribution in [0.1, 0.15) is 58.2 Å². The summed E-state index contributed by atoms with van der Waals surface area (Å²) in [7, 11) is 0. The molecule has 7 heteroatoms. The van der Waals surface area contributed by atoms with E-state index >= 15 is 0 Å². The van der Waals surface area contributed by atoms with E-state index in [-0.39, 0.29) is 17.4 Å². The summed E-state index contributed by atoms with van der Waals surface area (Å²) in [5, 5.41) is 11.8. The molecule has 1 aromatic heterocycles. The summed E-state index contributed by atoms with van der Waals surface area (Å²) >= 11 is 0. The third kappa shape index (κ3) is 4.24. The molecule has 0 spiro atoms. The van der Waals surface area contributed by atoms with Gasteiger partial charge in [0.15, 0.2) is 0 Å². The van der Waals surface area contributed by atoms with Gasteiger partial charge in [-0.15, -0.1) is 0 Å². The van der Waals surface area contributed by atoms with Crippen molar-refractivity contribution in [1.82, 2.24) is 14.8 Å². The number of nitrogens with zero attached hydrogens (tertiary/aromatic N) is 3. The van der Waals surface area contributed by atoms with Gasteiger partial charge in [-0.1, -0.05) is 19.1 Å². The minimum Gasteiger partial charge on any atom is -0.381 e. The van der Waals surface area contributed by atoms with Gasteiger partial charge in [-0.2, -0.15) is 0 Å². The van der Waals surface area contributed by atoms with Gasteiger partial charge in [-0.3, -0.25) is 14.7 Å². The number of carbonyl (C=O) groups excluding carboxylic acids is 1. The highest BCUT2D eigenvalue weighted by atomic mass is 19.1. The number of piperidine rings is 1. The van der Waals surface area contributed by atoms with Crippen molar-refractivity contribution in [3.8, 4) is 0 Å². The predicted molar refractivity (Wildman–Crippen MR) is 127 cm³/mol. The average Bonchev–Trinajstić information content (AvgIpc) is 3.23. The zero-order valence-corrected chi connectivity index (χ0v) is 20.6. The van der Waals surface area contributed by atoms with Gasteiger partial charge in [0, 0.05) is 43.4 Å². The monoisotopic (exact) mass is 471 g/mol. The maximum absolute atomic E-state index is 14.8. The number of amides is 1. The quantitative estimate of drug-likeness (QED) is 0.725. The molecule has 1 N–H and O–H groups in total. The summed E-state index contributed by atoms with van der Waals surface area (Å²) in [5.74, 6) is -2.33. The highest BCUT2D eigenvalue weighted by molar-refractivity contribution is 5.81. The van der Waals surface area contributed by atoms with Gasteiger partial charge in [0.05, 0.1) is 17.7 Å². The highest BCUT2D eigenvalue weighted by Gasteiger charge is 2.52. The Morgan fingerprint density at radius 3 is 2.50 bits per heavy atom. The van der Waals surface area contributed by atoms with Crippen molar-refractivity contribution in [3.05, 3.63) is 65.5 Å². The van der Waals surface area contributed by atoms with Crippen LogP contribution in [0, 0.1) is 23.5 Å². The first-order chi connectivity index (χ1) is 15.9. The third-order valence-corrected chi connectivity index (χ3v) is 7.96. The van der Waals surface area contributed by atoms with E-state index in [9.17, 15) is 18.7 Å². The lowest BCUT2D eigenvalue weighted by atomic mass is 9.74. The molecular formula is C27H35F2N3O2. The Morgan fingerprint density at radius 1 is 1.15 bits per heavy atom. The van der Waals surface area contributed by atoms with Gasteiger partial charge >= 0.3 is 0 Å². The van der Waals surface area contributed by atoms with Crippen molar-refractivity contribution < 1.29 is 18.7 Å². The Bertz CT molecular complexity index is 1040. The van der Waals surface area contributed by atoms with E-state index in [1.54, 1.807) is 23.2 Å². The number of pyridine rings is 1. The molecule has 2 aromatic rings. The van der Waals surface area contributed by atoms with Crippen molar-refractivity contribution in [1.29, 1.82) is 0 Å². The van der Waals surface area contributed by atoms with Gasteiger partial charge in [-0.05, 0) is 63.8 Å². The van der Waals surface area contributed by atoms with Crippen molar-refractivity contribution in [2.75, 3.05) is 19.6 Å². The maximum Gasteiger partial charge on any atom is 0.228 e. The standard InChI is InChI=1S/C27H35F2N3O2/c1-17-11-13-32(18(2)27(17,34)24-8-6-7-12-30-24)25(33)22-16-31(26(3,4)5)15-21(22)20-10-9-19(28)14-23(20)29/h6-10,12,14,17-18,21-22,34H,11,13,15-16H2,1-5H3/t17-,18-,21-,22+,27-/m0/s1. The Balaban J connectivity index is 1.69. The lowest BCUT2D eigenvalue weighted by molar-refractivity contribution is -0.160. The van der Waals surface area contributed by atoms with Crippen LogP contribution in [0.15, 0.2) is 42.6 Å². The summed E-state index contributed by atoms with van der Waals surface area (Å²) in [4.78, 5) is 22.4. The number of aromatic nitrogens is 1. The molecule has 1 aromatic carbocycles. The molecule has 1 amide bonds. The molecule has 0 radical (unpaired) electrons. The van der Waals surface area contributed by atoms with Crippen molar-refractivity contribution in [3.63, 3.8) is 0 Å². The van der Waals surface area contributed by atoms with Gasteiger partial charge < -0.3 is 10.0 Å². The lowest BCUT2D eigenvalue weighted by Gasteiger charge is -2.49. The molecule has 0 aliphatic carbocycles. The summed E-state index contributed by atoms with van der Waals surface area (Å²) in [6.45, 7) is 11.6. The van der Waals surface area contributed by atoms with E-state index in [1.807, 2.05) is 19.9 Å². The van der Waals surface area contributed by atoms with Gasteiger partial charge in [-0.25, -0.2) is 8.78 Å². The summed E-state index contributed by atoms with van der Waals surface area (Å²) in [6, 6.07) is 8.55. The van der Waals surface area contributed by atoms with E-state index < -0.39 is 35.1 Å². The normalized spacial score (nSPS) is 30.5. The minimum atomic E-state index is -1.28. The molecule has 0 unspecified atom stereocenters. The van der Waals surface area contributed by atoms with Crippen molar-refractivity contribution >= 4 is 5.91 Å². The fourth-order valence-electron chi connectivity index (χ4n) is 5.70. The fourth-order valence-corrected chi connectivity index (χ4v) is 5.70. The molecule has 0 bridgehead atoms. The largest absolute Gasteiger partial charge is 0.381 e. The number of hydrogen-bond acceptors (Lipinski definition) is 4. The topological polar surface area (TPSA) is 56.7 Å². The summed E-state index contributed by atoms with van der Waals surface area (Å²) < 4.78 is 28.5. The first kappa shape index (κ1) is 24.7. The number of rotatable bonds is 3. The SMILES string of the molecule is C[C@@H]1N(C(=O)[C@@H]2CN(C(C)(C)C)C[C@H]2c2ccc(F)cc2F)CC[C@H](C)[C@@]1(O)c1ccccn1. The molecule has 4 rings (SSSR count). The van der Waals surface area contributed by atoms with Crippen LogP contribution in [-0.4, -0.2) is 57.0 Å². The predicted octanol–water partition coefficient (Wildman–Crippen LogP) is 4.32. The number of halogens is 2. The molecular weight excluding hydrogens is 436 g/mol. The van der Waals surface area contributed by atoms with Crippen LogP contribution in [0.3, 0.4) is 0 Å². The zero-order chi connectivity index (χ0) is 24.8. The molecule has 2 fully saturated rings. The van der Waals surface area contributed by atoms with Crippen LogP contribution in [0.2, 0.25) is 0 Å². The number of aliphatic hydroxyl groups is 1. The van der Waals surface area contributed by atoms with Crippen LogP contribution < -0.4 is 0 Å². The van der Waals surface area contributed by atoms with Crippen LogP contribution in [-0.2, 0) is 10.4 Å². The second-order valence-corrected chi connectivity index (χ2v) is 10.9. The summed E-state index contributed by atoms with van der Waals surface area (Å²) in [5.41, 5.74) is -0.574. The Hall–Kier alpha value is -2.38. The van der Waals surface area contributed by atoms with Crippen LogP contribution in [0.5, 0.6) is 0 Å². The number of likely N-dealkylation sites (tertiary alicyclic amines) is 2. The molecule has 2 saturated heterocycles. The molecule has 184 valence electrons. The Kier molecular flexibility index (Phi) is 6.55. The molecule has 2 aliphatic heterocycles. The number of hydrogen-bond donors (Lipinski definition) is 1. The Labute approximate surface area is 200 Å². The second kappa shape index (κ2) is 9.00. The molecule has 34 heavy (non-hydrogen) atoms. The molecule has 0 saturated carbocycles. The van der Waals surface area contributed by atoms with E-state index in [0.29, 0.717) is 37.3 Å². The molecule has 2 aliphatic rings. The number of carbonyl (C=O) groups is 1. The van der Waals surface area contributed by atoms with Crippen LogP contribution in [0.4, 0.5) is 8.78 Å². The maximum atomic E-state index is 14.8. The van der Waals surface area contributed by atoms with E-state index in [0.717, 1.165) is 6.07 Å². The van der Waals surface area contributed by atoms with Gasteiger partial charge in [0.25, 0.3) is 0 Å². The van der Waals surface area contributed by atoms with E-state index in [1.165, 1.54) is 12.1 Å². The summed E-state index contributed by atoms with van der Waals surface area (Å²) in [6.07, 6.45) is 2.29. The lowest BCUT2D eigenvalue weighted by Crippen LogP contribution is -2.60. The van der Waals surface area contributed by atoms with E-state index in [2.05, 4.69) is 30.7 Å². The highest BCUT2D eigenvalue weighted by Crippen LogP contribution is 2.43. The van der Waals surface area contributed by atoms with E-state index in [4.69, 9.17) is 0 Å². The molecule has 5 atom stereocenters. The fraction of sp³-hybridized carbons (Fsp3) is 0.556. The first-order valence-corrected chi connectivity index (χ1v) is 12.1. The Morgan fingerprint density at radius 2 is 1.88 bits per heavy atom. The minimum absolute atomic E-state index is 0.0820. The number of benzene rings is 1. The van der Waals surface area contributed by atoms with Crippen LogP contribution >= 0.6 is 0 Å². The first-order valence-electron chi connectivity index (χ1n) is 12.1. The van der Waals surface area contributed by atoms with Crippen LogP contribution in [0.25, 0.3) is 0 Å². The third-order valence-electron chi connectivity index (χ3n) is 7.96. The zero-order valence-electron chi connectivity index (χ0n) is 20.6. The van der Waals surface area contributed by atoms with Crippen molar-refractivity contribution in [2.24, 2.45) is 11.8 Å². The average molecular weight is 472 g/mol. The second-order valence-electron chi connectivity index (χ2n) is 10.9. The van der Waals surface area contributed by atoms with Gasteiger partial charge in [0.1, 0.15) is 17.2 Å². The molecule has 3 heterocycles. The van der Waals surface area contributed by atoms with Gasteiger partial charge in [0.2, 0.25) is 5.91 Å². The smallest absolute Gasteiger partial charge is 0.228 e. The molecule has 5 nitrogen and oxygen atoms in total. The van der Waals surface area contributed by atoms with Crippen molar-refractivity contribution in [2.45, 2.75) is 64.1 Å².